The summed E-state index contributed by atoms with van der Waals surface area (Å²) in [6, 6.07) is 13.4. The number of nitrogens with zero attached hydrogens (tertiary/aromatic N) is 2. The highest BCUT2D eigenvalue weighted by atomic mass is 16.5. The van der Waals surface area contributed by atoms with E-state index in [1.165, 1.54) is 0 Å². The number of hydrogen-bond donors (Lipinski definition) is 1. The molecule has 0 aliphatic carbocycles. The summed E-state index contributed by atoms with van der Waals surface area (Å²) < 4.78 is 18.0. The van der Waals surface area contributed by atoms with E-state index in [1.54, 1.807) is 20.4 Å². The van der Waals surface area contributed by atoms with E-state index < -0.39 is 0 Å². The van der Waals surface area contributed by atoms with E-state index in [0.717, 1.165) is 28.4 Å². The lowest BCUT2D eigenvalue weighted by atomic mass is 10.2. The number of hydrogen-bond acceptors (Lipinski definition) is 5. The molecule has 3 rings (SSSR count). The van der Waals surface area contributed by atoms with Crippen molar-refractivity contribution in [1.82, 2.24) is 14.9 Å². The lowest BCUT2D eigenvalue weighted by molar-refractivity contribution is 0.0949. The molecule has 1 N–H and O–H groups in total. The number of aromatic nitrogens is 2. The molecule has 0 atom stereocenters. The molecule has 0 bridgehead atoms. The first-order valence-electron chi connectivity index (χ1n) is 9.72. The van der Waals surface area contributed by atoms with Crippen LogP contribution in [0.3, 0.4) is 0 Å². The number of benzene rings is 1. The number of rotatable bonds is 9. The van der Waals surface area contributed by atoms with Crippen LogP contribution in [0.4, 0.5) is 0 Å². The third-order valence-electron chi connectivity index (χ3n) is 4.80. The summed E-state index contributed by atoms with van der Waals surface area (Å²) in [6.45, 7) is 5.10. The SMILES string of the molecule is COCCOc1ncccc1CNC(=O)c1cc(C)n(-c2cccc(OC)c2)c1C. The van der Waals surface area contributed by atoms with Crippen LogP contribution in [0.5, 0.6) is 11.6 Å². The first kappa shape index (κ1) is 21.4. The summed E-state index contributed by atoms with van der Waals surface area (Å²) in [6.07, 6.45) is 1.66. The van der Waals surface area contributed by atoms with Gasteiger partial charge in [-0.2, -0.15) is 0 Å². The second-order valence-corrected chi connectivity index (χ2v) is 6.81. The molecule has 1 aromatic carbocycles. The maximum atomic E-state index is 12.9. The highest BCUT2D eigenvalue weighted by Crippen LogP contribution is 2.24. The van der Waals surface area contributed by atoms with Gasteiger partial charge in [0, 0.05) is 48.6 Å². The second-order valence-electron chi connectivity index (χ2n) is 6.81. The van der Waals surface area contributed by atoms with Gasteiger partial charge in [-0.25, -0.2) is 4.98 Å². The standard InChI is InChI=1S/C23H27N3O4/c1-16-13-21(17(2)26(16)19-8-5-9-20(14-19)29-4)22(27)25-15-18-7-6-10-24-23(18)30-12-11-28-3/h5-10,13-14H,11-12,15H2,1-4H3,(H,25,27). The normalized spacial score (nSPS) is 10.7. The molecule has 0 aliphatic rings. The molecule has 2 aromatic heterocycles. The monoisotopic (exact) mass is 409 g/mol. The minimum Gasteiger partial charge on any atom is -0.497 e. The molecule has 158 valence electrons. The highest BCUT2D eigenvalue weighted by molar-refractivity contribution is 5.95. The molecule has 0 radical (unpaired) electrons. The average Bonchev–Trinajstić information content (AvgIpc) is 3.07. The van der Waals surface area contributed by atoms with Crippen LogP contribution in [0.15, 0.2) is 48.7 Å². The number of aryl methyl sites for hydroxylation is 1. The Balaban J connectivity index is 1.76. The van der Waals surface area contributed by atoms with Crippen LogP contribution < -0.4 is 14.8 Å². The van der Waals surface area contributed by atoms with E-state index in [9.17, 15) is 4.79 Å². The van der Waals surface area contributed by atoms with Crippen LogP contribution in [-0.2, 0) is 11.3 Å². The van der Waals surface area contributed by atoms with E-state index >= 15 is 0 Å². The van der Waals surface area contributed by atoms with Crippen molar-refractivity contribution in [3.63, 3.8) is 0 Å². The van der Waals surface area contributed by atoms with E-state index in [4.69, 9.17) is 14.2 Å². The van der Waals surface area contributed by atoms with Gasteiger partial charge in [0.1, 0.15) is 12.4 Å². The van der Waals surface area contributed by atoms with Gasteiger partial charge < -0.3 is 24.1 Å². The largest absolute Gasteiger partial charge is 0.497 e. The molecular weight excluding hydrogens is 382 g/mol. The van der Waals surface area contributed by atoms with E-state index in [2.05, 4.69) is 10.3 Å². The van der Waals surface area contributed by atoms with Crippen LogP contribution in [0.25, 0.3) is 5.69 Å². The van der Waals surface area contributed by atoms with Gasteiger partial charge >= 0.3 is 0 Å². The van der Waals surface area contributed by atoms with Crippen molar-refractivity contribution in [3.8, 4) is 17.3 Å². The average molecular weight is 409 g/mol. The fourth-order valence-corrected chi connectivity index (χ4v) is 3.32. The van der Waals surface area contributed by atoms with Gasteiger partial charge in [-0.1, -0.05) is 12.1 Å². The number of pyridine rings is 1. The number of carbonyl (C=O) groups excluding carboxylic acids is 1. The zero-order valence-electron chi connectivity index (χ0n) is 17.8. The van der Waals surface area contributed by atoms with Gasteiger partial charge in [-0.15, -0.1) is 0 Å². The smallest absolute Gasteiger partial charge is 0.253 e. The molecule has 0 aliphatic heterocycles. The van der Waals surface area contributed by atoms with Crippen molar-refractivity contribution in [2.24, 2.45) is 0 Å². The Labute approximate surface area is 176 Å². The Morgan fingerprint density at radius 1 is 1.10 bits per heavy atom. The van der Waals surface area contributed by atoms with Crippen LogP contribution in [0.2, 0.25) is 0 Å². The van der Waals surface area contributed by atoms with Gasteiger partial charge in [0.2, 0.25) is 5.88 Å². The maximum absolute atomic E-state index is 12.9. The van der Waals surface area contributed by atoms with E-state index in [1.807, 2.05) is 60.9 Å². The molecule has 0 unspecified atom stereocenters. The number of ether oxygens (including phenoxy) is 3. The molecule has 30 heavy (non-hydrogen) atoms. The zero-order valence-corrected chi connectivity index (χ0v) is 17.8. The van der Waals surface area contributed by atoms with Crippen molar-refractivity contribution >= 4 is 5.91 Å². The van der Waals surface area contributed by atoms with Crippen molar-refractivity contribution in [2.45, 2.75) is 20.4 Å². The Morgan fingerprint density at radius 3 is 2.70 bits per heavy atom. The molecule has 7 heteroatoms. The van der Waals surface area contributed by atoms with Crippen LogP contribution >= 0.6 is 0 Å². The molecule has 1 amide bonds. The number of methoxy groups -OCH3 is 2. The summed E-state index contributed by atoms with van der Waals surface area (Å²) >= 11 is 0. The Morgan fingerprint density at radius 2 is 1.93 bits per heavy atom. The van der Waals surface area contributed by atoms with Gasteiger partial charge in [0.05, 0.1) is 19.3 Å². The van der Waals surface area contributed by atoms with Crippen LogP contribution in [-0.4, -0.2) is 42.9 Å². The first-order valence-corrected chi connectivity index (χ1v) is 9.72. The topological polar surface area (TPSA) is 74.6 Å². The lowest BCUT2D eigenvalue weighted by Crippen LogP contribution is -2.24. The minimum atomic E-state index is -0.149. The van der Waals surface area contributed by atoms with E-state index in [0.29, 0.717) is 31.2 Å². The van der Waals surface area contributed by atoms with Gasteiger partial charge in [0.15, 0.2) is 0 Å². The van der Waals surface area contributed by atoms with Crippen LogP contribution in [0.1, 0.15) is 27.3 Å². The predicted octanol–water partition coefficient (Wildman–Crippen LogP) is 3.45. The fourth-order valence-electron chi connectivity index (χ4n) is 3.32. The summed E-state index contributed by atoms with van der Waals surface area (Å²) in [7, 11) is 3.25. The molecular formula is C23H27N3O4. The van der Waals surface area contributed by atoms with Crippen LogP contribution in [0, 0.1) is 13.8 Å². The Bertz CT molecular complexity index is 1010. The number of carbonyl (C=O) groups is 1. The summed E-state index contributed by atoms with van der Waals surface area (Å²) in [4.78, 5) is 17.1. The molecule has 3 aromatic rings. The Kier molecular flexibility index (Phi) is 7.08. The van der Waals surface area contributed by atoms with Gasteiger partial charge in [0.25, 0.3) is 5.91 Å². The van der Waals surface area contributed by atoms with Gasteiger partial charge in [-0.3, -0.25) is 4.79 Å². The predicted molar refractivity (Wildman–Crippen MR) is 115 cm³/mol. The maximum Gasteiger partial charge on any atom is 0.253 e. The summed E-state index contributed by atoms with van der Waals surface area (Å²) in [5.41, 5.74) is 4.21. The lowest BCUT2D eigenvalue weighted by Gasteiger charge is -2.12. The molecule has 0 fully saturated rings. The second kappa shape index (κ2) is 9.93. The number of nitrogens with one attached hydrogen (secondary N) is 1. The zero-order chi connectivity index (χ0) is 21.5. The minimum absolute atomic E-state index is 0.149. The summed E-state index contributed by atoms with van der Waals surface area (Å²) in [5.74, 6) is 1.12. The first-order chi connectivity index (χ1) is 14.5. The van der Waals surface area contributed by atoms with Crippen molar-refractivity contribution in [1.29, 1.82) is 0 Å². The van der Waals surface area contributed by atoms with Crippen molar-refractivity contribution in [2.75, 3.05) is 27.4 Å². The highest BCUT2D eigenvalue weighted by Gasteiger charge is 2.17. The molecule has 2 heterocycles. The third-order valence-corrected chi connectivity index (χ3v) is 4.80. The molecule has 0 spiro atoms. The molecule has 0 saturated heterocycles. The van der Waals surface area contributed by atoms with Gasteiger partial charge in [-0.05, 0) is 38.1 Å². The molecule has 0 saturated carbocycles. The van der Waals surface area contributed by atoms with E-state index in [-0.39, 0.29) is 5.91 Å². The molecule has 7 nitrogen and oxygen atoms in total. The fraction of sp³-hybridized carbons (Fsp3) is 0.304. The summed E-state index contributed by atoms with van der Waals surface area (Å²) in [5, 5.41) is 2.97. The third kappa shape index (κ3) is 4.80. The number of amides is 1. The van der Waals surface area contributed by atoms with Crippen molar-refractivity contribution < 1.29 is 19.0 Å². The van der Waals surface area contributed by atoms with Crippen molar-refractivity contribution in [3.05, 3.63) is 71.2 Å². The quantitative estimate of drug-likeness (QED) is 0.548. The Hall–Kier alpha value is -3.32.